The van der Waals surface area contributed by atoms with Gasteiger partial charge in [-0.3, -0.25) is 10.1 Å². The number of hydrogen-bond donors (Lipinski definition) is 1. The number of sulfone groups is 1. The summed E-state index contributed by atoms with van der Waals surface area (Å²) in [7, 11) is -6.92. The number of piperidine rings is 1. The molecule has 1 aliphatic heterocycles. The maximum atomic E-state index is 12.6. The van der Waals surface area contributed by atoms with Crippen LogP contribution in [0.1, 0.15) is 26.7 Å². The van der Waals surface area contributed by atoms with Crippen LogP contribution in [-0.2, 0) is 24.7 Å². The lowest BCUT2D eigenvalue weighted by atomic mass is 9.97. The van der Waals surface area contributed by atoms with Gasteiger partial charge in [-0.25, -0.2) is 16.8 Å². The van der Waals surface area contributed by atoms with Gasteiger partial charge in [-0.05, 0) is 62.4 Å². The second-order valence-electron chi connectivity index (χ2n) is 8.13. The van der Waals surface area contributed by atoms with Crippen LogP contribution in [0.25, 0.3) is 11.5 Å². The summed E-state index contributed by atoms with van der Waals surface area (Å²) in [6.07, 6.45) is 0.756. The molecule has 1 N–H and O–H groups in total. The molecular weight excluding hydrogens is 500 g/mol. The SMILES string of the molecule is CC(C)S(=O)(=O)c1ccc(-c2nnc(NC(=O)C3CCN(S(=O)(=O)c4cccs4)CC3)o2)cc1. The molecule has 1 aliphatic rings. The predicted octanol–water partition coefficient (Wildman–Crippen LogP) is 3.02. The van der Waals surface area contributed by atoms with Crippen molar-refractivity contribution in [2.45, 2.75) is 41.0 Å². The van der Waals surface area contributed by atoms with Crippen LogP contribution in [-0.4, -0.2) is 55.6 Å². The zero-order chi connectivity index (χ0) is 24.5. The number of sulfonamides is 1. The Morgan fingerprint density at radius 1 is 1.09 bits per heavy atom. The van der Waals surface area contributed by atoms with Crippen LogP contribution >= 0.6 is 11.3 Å². The predicted molar refractivity (Wildman–Crippen MR) is 126 cm³/mol. The van der Waals surface area contributed by atoms with E-state index in [2.05, 4.69) is 15.5 Å². The van der Waals surface area contributed by atoms with Gasteiger partial charge in [-0.2, -0.15) is 4.31 Å². The minimum atomic E-state index is -3.53. The molecule has 10 nitrogen and oxygen atoms in total. The lowest BCUT2D eigenvalue weighted by Gasteiger charge is -2.29. The summed E-state index contributed by atoms with van der Waals surface area (Å²) in [5.74, 6) is -0.562. The normalized spacial score (nSPS) is 16.1. The Morgan fingerprint density at radius 2 is 1.76 bits per heavy atom. The highest BCUT2D eigenvalue weighted by Gasteiger charge is 2.33. The minimum Gasteiger partial charge on any atom is -0.403 e. The van der Waals surface area contributed by atoms with Gasteiger partial charge in [0.1, 0.15) is 4.21 Å². The number of carbonyl (C=O) groups excluding carboxylic acids is 1. The molecule has 13 heteroatoms. The second-order valence-corrected chi connectivity index (χ2v) is 13.7. The average molecular weight is 525 g/mol. The number of carbonyl (C=O) groups is 1. The first-order valence-corrected chi connectivity index (χ1v) is 14.5. The molecule has 0 spiro atoms. The summed E-state index contributed by atoms with van der Waals surface area (Å²) in [5, 5.41) is 11.5. The molecule has 1 aromatic carbocycles. The smallest absolute Gasteiger partial charge is 0.322 e. The molecule has 3 aromatic rings. The highest BCUT2D eigenvalue weighted by Crippen LogP contribution is 2.28. The molecule has 0 bridgehead atoms. The van der Waals surface area contributed by atoms with Crippen molar-refractivity contribution in [3.8, 4) is 11.5 Å². The molecule has 0 saturated carbocycles. The average Bonchev–Trinajstić information content (AvgIpc) is 3.52. The fourth-order valence-corrected chi connectivity index (χ4v) is 7.23. The van der Waals surface area contributed by atoms with Crippen molar-refractivity contribution in [1.29, 1.82) is 0 Å². The molecule has 4 rings (SSSR count). The number of thiophene rings is 1. The van der Waals surface area contributed by atoms with Gasteiger partial charge >= 0.3 is 6.01 Å². The van der Waals surface area contributed by atoms with E-state index in [0.29, 0.717) is 22.6 Å². The fraction of sp³-hybridized carbons (Fsp3) is 0.381. The number of benzene rings is 1. The van der Waals surface area contributed by atoms with Crippen molar-refractivity contribution < 1.29 is 26.0 Å². The Bertz CT molecular complexity index is 1360. The lowest BCUT2D eigenvalue weighted by Crippen LogP contribution is -2.41. The van der Waals surface area contributed by atoms with E-state index in [1.54, 1.807) is 43.5 Å². The Hall–Kier alpha value is -2.61. The molecule has 34 heavy (non-hydrogen) atoms. The van der Waals surface area contributed by atoms with Crippen LogP contribution in [0.2, 0.25) is 0 Å². The first kappa shape index (κ1) is 24.5. The molecule has 1 fully saturated rings. The maximum Gasteiger partial charge on any atom is 0.322 e. The highest BCUT2D eigenvalue weighted by atomic mass is 32.2. The molecule has 2 aromatic heterocycles. The third kappa shape index (κ3) is 4.92. The van der Waals surface area contributed by atoms with E-state index in [9.17, 15) is 21.6 Å². The summed E-state index contributed by atoms with van der Waals surface area (Å²) >= 11 is 1.17. The number of rotatable bonds is 7. The van der Waals surface area contributed by atoms with Crippen molar-refractivity contribution in [2.24, 2.45) is 5.92 Å². The Morgan fingerprint density at radius 3 is 2.35 bits per heavy atom. The Kier molecular flexibility index (Phi) is 6.90. The number of hydrogen-bond acceptors (Lipinski definition) is 9. The molecule has 0 atom stereocenters. The fourth-order valence-electron chi connectivity index (χ4n) is 3.55. The van der Waals surface area contributed by atoms with Gasteiger partial charge in [-0.1, -0.05) is 11.2 Å². The second kappa shape index (κ2) is 9.56. The zero-order valence-electron chi connectivity index (χ0n) is 18.5. The first-order valence-electron chi connectivity index (χ1n) is 10.6. The number of nitrogens with zero attached hydrogens (tertiary/aromatic N) is 3. The van der Waals surface area contributed by atoms with Crippen molar-refractivity contribution in [3.63, 3.8) is 0 Å². The van der Waals surface area contributed by atoms with Crippen LogP contribution in [0.3, 0.4) is 0 Å². The van der Waals surface area contributed by atoms with E-state index in [0.717, 1.165) is 0 Å². The van der Waals surface area contributed by atoms with Gasteiger partial charge in [0.25, 0.3) is 10.0 Å². The third-order valence-corrected chi connectivity index (χ3v) is 11.1. The van der Waals surface area contributed by atoms with E-state index in [1.165, 1.54) is 27.8 Å². The summed E-state index contributed by atoms with van der Waals surface area (Å²) in [6.45, 7) is 3.73. The molecule has 1 amide bonds. The van der Waals surface area contributed by atoms with Gasteiger partial charge in [0.05, 0.1) is 10.1 Å². The van der Waals surface area contributed by atoms with E-state index in [-0.39, 0.29) is 41.7 Å². The topological polar surface area (TPSA) is 140 Å². The monoisotopic (exact) mass is 524 g/mol. The number of anilines is 1. The van der Waals surface area contributed by atoms with Crippen LogP contribution in [0.15, 0.2) is 55.3 Å². The van der Waals surface area contributed by atoms with Crippen LogP contribution in [0, 0.1) is 5.92 Å². The quantitative estimate of drug-likeness (QED) is 0.497. The molecule has 0 aliphatic carbocycles. The highest BCUT2D eigenvalue weighted by molar-refractivity contribution is 7.92. The van der Waals surface area contributed by atoms with Crippen LogP contribution < -0.4 is 5.32 Å². The number of amides is 1. The molecular formula is C21H24N4O6S3. The number of nitrogens with one attached hydrogen (secondary N) is 1. The molecule has 3 heterocycles. The van der Waals surface area contributed by atoms with E-state index < -0.39 is 25.1 Å². The lowest BCUT2D eigenvalue weighted by molar-refractivity contribution is -0.121. The van der Waals surface area contributed by atoms with Crippen molar-refractivity contribution in [2.75, 3.05) is 18.4 Å². The molecule has 0 unspecified atom stereocenters. The Labute approximate surface area is 202 Å². The van der Waals surface area contributed by atoms with Gasteiger partial charge in [0.15, 0.2) is 9.84 Å². The van der Waals surface area contributed by atoms with Gasteiger partial charge in [-0.15, -0.1) is 16.4 Å². The molecule has 0 radical (unpaired) electrons. The third-order valence-electron chi connectivity index (χ3n) is 5.62. The van der Waals surface area contributed by atoms with Crippen molar-refractivity contribution in [3.05, 3.63) is 41.8 Å². The molecule has 182 valence electrons. The molecule has 1 saturated heterocycles. The van der Waals surface area contributed by atoms with Crippen molar-refractivity contribution in [1.82, 2.24) is 14.5 Å². The maximum absolute atomic E-state index is 12.6. The van der Waals surface area contributed by atoms with Crippen LogP contribution in [0.5, 0.6) is 0 Å². The van der Waals surface area contributed by atoms with E-state index in [1.807, 2.05) is 0 Å². The minimum absolute atomic E-state index is 0.0764. The summed E-state index contributed by atoms with van der Waals surface area (Å²) < 4.78 is 57.0. The standard InChI is InChI=1S/C21H24N4O6S3/c1-14(2)33(27,28)17-7-5-16(6-8-17)20-23-24-21(31-20)22-19(26)15-9-11-25(12-10-15)34(29,30)18-4-3-13-32-18/h3-8,13-15H,9-12H2,1-2H3,(H,22,24,26). The van der Waals surface area contributed by atoms with Crippen LogP contribution in [0.4, 0.5) is 6.01 Å². The van der Waals surface area contributed by atoms with E-state index in [4.69, 9.17) is 4.42 Å². The Balaban J connectivity index is 1.36. The largest absolute Gasteiger partial charge is 0.403 e. The summed E-state index contributed by atoms with van der Waals surface area (Å²) in [5.41, 5.74) is 0.516. The summed E-state index contributed by atoms with van der Waals surface area (Å²) in [6, 6.07) is 9.28. The zero-order valence-corrected chi connectivity index (χ0v) is 21.0. The van der Waals surface area contributed by atoms with Gasteiger partial charge in [0, 0.05) is 24.6 Å². The van der Waals surface area contributed by atoms with E-state index >= 15 is 0 Å². The summed E-state index contributed by atoms with van der Waals surface area (Å²) in [4.78, 5) is 12.8. The number of aromatic nitrogens is 2. The van der Waals surface area contributed by atoms with Gasteiger partial charge in [0.2, 0.25) is 11.8 Å². The van der Waals surface area contributed by atoms with Gasteiger partial charge < -0.3 is 4.42 Å². The van der Waals surface area contributed by atoms with Crippen molar-refractivity contribution >= 4 is 43.1 Å². The first-order chi connectivity index (χ1) is 16.1.